The van der Waals surface area contributed by atoms with Crippen LogP contribution in [0.5, 0.6) is 5.75 Å². The summed E-state index contributed by atoms with van der Waals surface area (Å²) in [7, 11) is 5.55. The van der Waals surface area contributed by atoms with Gasteiger partial charge in [0, 0.05) is 13.1 Å². The molecule has 1 aromatic carbocycles. The number of rotatable bonds is 8. The first-order valence-corrected chi connectivity index (χ1v) is 7.95. The van der Waals surface area contributed by atoms with Crippen LogP contribution < -0.4 is 15.4 Å². The van der Waals surface area contributed by atoms with Gasteiger partial charge in [-0.2, -0.15) is 0 Å². The lowest BCUT2D eigenvalue weighted by Gasteiger charge is -2.22. The number of para-hydroxylation sites is 1. The number of nitrogens with zero attached hydrogens (tertiary/aromatic N) is 1. The largest absolute Gasteiger partial charge is 0.496 e. The van der Waals surface area contributed by atoms with E-state index < -0.39 is 0 Å². The Hall–Kier alpha value is -2.47. The molecule has 130 valence electrons. The Kier molecular flexibility index (Phi) is 6.69. The molecule has 2 aromatic rings. The van der Waals surface area contributed by atoms with E-state index in [2.05, 4.69) is 10.6 Å². The maximum absolute atomic E-state index is 12.0. The van der Waals surface area contributed by atoms with Gasteiger partial charge in [-0.05, 0) is 44.3 Å². The van der Waals surface area contributed by atoms with Crippen molar-refractivity contribution in [1.29, 1.82) is 0 Å². The summed E-state index contributed by atoms with van der Waals surface area (Å²) in [4.78, 5) is 14.0. The number of benzene rings is 1. The molecule has 0 spiro atoms. The fraction of sp³-hybridized carbons (Fsp3) is 0.389. The predicted molar refractivity (Wildman–Crippen MR) is 93.2 cm³/mol. The molecule has 1 unspecified atom stereocenters. The van der Waals surface area contributed by atoms with E-state index >= 15 is 0 Å². The number of likely N-dealkylation sites (N-methyl/N-ethyl adjacent to an activating group) is 1. The van der Waals surface area contributed by atoms with Crippen molar-refractivity contribution in [2.75, 3.05) is 34.3 Å². The number of carbonyl (C=O) groups excluding carboxylic acids is 1. The number of amides is 2. The molecule has 0 aliphatic heterocycles. The third kappa shape index (κ3) is 5.03. The standard InChI is InChI=1S/C18H25N3O3/c1-21(2)15(17-9-6-12-24-17)13-20-18(22)19-11-10-14-7-4-5-8-16(14)23-3/h4-9,12,15H,10-11,13H2,1-3H3,(H2,19,20,22). The lowest BCUT2D eigenvalue weighted by atomic mass is 10.1. The van der Waals surface area contributed by atoms with E-state index in [-0.39, 0.29) is 12.1 Å². The lowest BCUT2D eigenvalue weighted by Crippen LogP contribution is -2.41. The van der Waals surface area contributed by atoms with Crippen LogP contribution in [0.4, 0.5) is 4.79 Å². The van der Waals surface area contributed by atoms with Gasteiger partial charge in [0.1, 0.15) is 11.5 Å². The van der Waals surface area contributed by atoms with Crippen molar-refractivity contribution in [2.45, 2.75) is 12.5 Å². The van der Waals surface area contributed by atoms with Gasteiger partial charge in [0.2, 0.25) is 0 Å². The second kappa shape index (κ2) is 8.98. The molecule has 1 heterocycles. The van der Waals surface area contributed by atoms with Crippen molar-refractivity contribution in [3.63, 3.8) is 0 Å². The zero-order valence-corrected chi connectivity index (χ0v) is 14.4. The normalized spacial score (nSPS) is 12.0. The van der Waals surface area contributed by atoms with Crippen LogP contribution in [-0.2, 0) is 6.42 Å². The number of nitrogens with one attached hydrogen (secondary N) is 2. The summed E-state index contributed by atoms with van der Waals surface area (Å²) in [5.41, 5.74) is 1.07. The highest BCUT2D eigenvalue weighted by Gasteiger charge is 2.17. The Morgan fingerprint density at radius 3 is 2.67 bits per heavy atom. The van der Waals surface area contributed by atoms with Crippen LogP contribution in [0.15, 0.2) is 47.1 Å². The number of urea groups is 1. The average molecular weight is 331 g/mol. The minimum atomic E-state index is -0.191. The van der Waals surface area contributed by atoms with Crippen LogP contribution in [0.2, 0.25) is 0 Å². The molecule has 24 heavy (non-hydrogen) atoms. The van der Waals surface area contributed by atoms with Gasteiger partial charge in [0.25, 0.3) is 0 Å². The number of hydrogen-bond donors (Lipinski definition) is 2. The number of methoxy groups -OCH3 is 1. The van der Waals surface area contributed by atoms with E-state index in [0.29, 0.717) is 19.5 Å². The number of carbonyl (C=O) groups is 1. The van der Waals surface area contributed by atoms with Gasteiger partial charge in [-0.25, -0.2) is 4.79 Å². The molecular formula is C18H25N3O3. The first-order valence-electron chi connectivity index (χ1n) is 7.95. The summed E-state index contributed by atoms with van der Waals surface area (Å²) in [6.45, 7) is 1.01. The fourth-order valence-corrected chi connectivity index (χ4v) is 2.49. The Labute approximate surface area is 142 Å². The Morgan fingerprint density at radius 1 is 1.21 bits per heavy atom. The van der Waals surface area contributed by atoms with E-state index in [0.717, 1.165) is 17.1 Å². The molecule has 0 aliphatic carbocycles. The molecule has 1 aromatic heterocycles. The SMILES string of the molecule is COc1ccccc1CCNC(=O)NCC(c1ccco1)N(C)C. The zero-order chi connectivity index (χ0) is 17.4. The van der Waals surface area contributed by atoms with E-state index in [1.165, 1.54) is 0 Å². The van der Waals surface area contributed by atoms with Crippen LogP contribution in [0.25, 0.3) is 0 Å². The Balaban J connectivity index is 1.77. The monoisotopic (exact) mass is 331 g/mol. The van der Waals surface area contributed by atoms with Crippen molar-refractivity contribution >= 4 is 6.03 Å². The molecule has 1 atom stereocenters. The highest BCUT2D eigenvalue weighted by Crippen LogP contribution is 2.18. The zero-order valence-electron chi connectivity index (χ0n) is 14.4. The van der Waals surface area contributed by atoms with Crippen molar-refractivity contribution < 1.29 is 13.9 Å². The van der Waals surface area contributed by atoms with Gasteiger partial charge >= 0.3 is 6.03 Å². The molecule has 0 bridgehead atoms. The smallest absolute Gasteiger partial charge is 0.314 e. The number of ether oxygens (including phenoxy) is 1. The molecule has 2 N–H and O–H groups in total. The highest BCUT2D eigenvalue weighted by atomic mass is 16.5. The van der Waals surface area contributed by atoms with E-state index in [1.54, 1.807) is 13.4 Å². The van der Waals surface area contributed by atoms with Crippen molar-refractivity contribution in [2.24, 2.45) is 0 Å². The van der Waals surface area contributed by atoms with Crippen molar-refractivity contribution in [3.05, 3.63) is 54.0 Å². The van der Waals surface area contributed by atoms with E-state index in [4.69, 9.17) is 9.15 Å². The van der Waals surface area contributed by atoms with Crippen LogP contribution in [0.3, 0.4) is 0 Å². The Bertz CT molecular complexity index is 626. The summed E-state index contributed by atoms with van der Waals surface area (Å²) in [5.74, 6) is 1.67. The van der Waals surface area contributed by atoms with Crippen LogP contribution >= 0.6 is 0 Å². The summed E-state index contributed by atoms with van der Waals surface area (Å²) in [6.07, 6.45) is 2.35. The van der Waals surface area contributed by atoms with Gasteiger partial charge in [-0.3, -0.25) is 4.90 Å². The first kappa shape index (κ1) is 17.9. The van der Waals surface area contributed by atoms with Crippen molar-refractivity contribution in [1.82, 2.24) is 15.5 Å². The lowest BCUT2D eigenvalue weighted by molar-refractivity contribution is 0.225. The number of furan rings is 1. The molecule has 6 heteroatoms. The topological polar surface area (TPSA) is 66.7 Å². The van der Waals surface area contributed by atoms with Gasteiger partial charge < -0.3 is 19.8 Å². The molecule has 0 fully saturated rings. The van der Waals surface area contributed by atoms with Crippen LogP contribution in [-0.4, -0.2) is 45.2 Å². The van der Waals surface area contributed by atoms with Gasteiger partial charge in [0.05, 0.1) is 19.4 Å². The summed E-state index contributed by atoms with van der Waals surface area (Å²) in [6, 6.07) is 11.4. The Morgan fingerprint density at radius 2 is 2.00 bits per heavy atom. The van der Waals surface area contributed by atoms with Gasteiger partial charge in [-0.15, -0.1) is 0 Å². The maximum atomic E-state index is 12.0. The summed E-state index contributed by atoms with van der Waals surface area (Å²) in [5, 5.41) is 5.75. The number of hydrogen-bond acceptors (Lipinski definition) is 4. The quantitative estimate of drug-likeness (QED) is 0.780. The first-order chi connectivity index (χ1) is 11.6. The molecular weight excluding hydrogens is 306 g/mol. The summed E-state index contributed by atoms with van der Waals surface area (Å²) < 4.78 is 10.7. The molecule has 2 amide bonds. The highest BCUT2D eigenvalue weighted by molar-refractivity contribution is 5.73. The maximum Gasteiger partial charge on any atom is 0.314 e. The minimum absolute atomic E-state index is 0.0000302. The fourth-order valence-electron chi connectivity index (χ4n) is 2.49. The third-order valence-corrected chi connectivity index (χ3v) is 3.82. The predicted octanol–water partition coefficient (Wildman–Crippen LogP) is 2.43. The van der Waals surface area contributed by atoms with Gasteiger partial charge in [0.15, 0.2) is 0 Å². The molecule has 0 radical (unpaired) electrons. The molecule has 6 nitrogen and oxygen atoms in total. The minimum Gasteiger partial charge on any atom is -0.496 e. The molecule has 0 aliphatic rings. The van der Waals surface area contributed by atoms with Crippen LogP contribution in [0.1, 0.15) is 17.4 Å². The van der Waals surface area contributed by atoms with Crippen molar-refractivity contribution in [3.8, 4) is 5.75 Å². The summed E-state index contributed by atoms with van der Waals surface area (Å²) >= 11 is 0. The van der Waals surface area contributed by atoms with Crippen LogP contribution in [0, 0.1) is 0 Å². The second-order valence-electron chi connectivity index (χ2n) is 5.69. The second-order valence-corrected chi connectivity index (χ2v) is 5.69. The van der Waals surface area contributed by atoms with E-state index in [9.17, 15) is 4.79 Å². The molecule has 2 rings (SSSR count). The average Bonchev–Trinajstić information content (AvgIpc) is 3.09. The molecule has 0 saturated heterocycles. The van der Waals surface area contributed by atoms with Gasteiger partial charge in [-0.1, -0.05) is 18.2 Å². The third-order valence-electron chi connectivity index (χ3n) is 3.82. The molecule has 0 saturated carbocycles. The van der Waals surface area contributed by atoms with E-state index in [1.807, 2.05) is 55.4 Å².